The van der Waals surface area contributed by atoms with Gasteiger partial charge in [0.1, 0.15) is 5.82 Å². The molecule has 5 nitrogen and oxygen atoms in total. The van der Waals surface area contributed by atoms with Gasteiger partial charge in [-0.3, -0.25) is 0 Å². The molecule has 0 aromatic carbocycles. The maximum absolute atomic E-state index is 8.26. The standard InChI is InChI=1S/C5H7N5S/c1-4-8-9-5(10(4)7)11-3-2-6/h3,7H2,1H3. The van der Waals surface area contributed by atoms with Crippen LogP contribution in [0.2, 0.25) is 0 Å². The zero-order valence-corrected chi connectivity index (χ0v) is 6.80. The zero-order chi connectivity index (χ0) is 8.27. The lowest BCUT2D eigenvalue weighted by atomic mass is 10.7. The molecule has 0 unspecified atom stereocenters. The average molecular weight is 169 g/mol. The third-order valence-corrected chi connectivity index (χ3v) is 1.91. The summed E-state index contributed by atoms with van der Waals surface area (Å²) in [4.78, 5) is 0. The highest BCUT2D eigenvalue weighted by Crippen LogP contribution is 2.12. The Morgan fingerprint density at radius 2 is 2.45 bits per heavy atom. The smallest absolute Gasteiger partial charge is 0.210 e. The van der Waals surface area contributed by atoms with Crippen molar-refractivity contribution in [2.45, 2.75) is 12.1 Å². The highest BCUT2D eigenvalue weighted by atomic mass is 32.2. The molecule has 0 aliphatic rings. The van der Waals surface area contributed by atoms with Crippen LogP contribution in [0.5, 0.6) is 0 Å². The molecule has 0 atom stereocenters. The fraction of sp³-hybridized carbons (Fsp3) is 0.400. The minimum atomic E-state index is 0.343. The average Bonchev–Trinajstić information content (AvgIpc) is 2.31. The van der Waals surface area contributed by atoms with Gasteiger partial charge in [-0.2, -0.15) is 5.26 Å². The van der Waals surface area contributed by atoms with Crippen LogP contribution in [0.3, 0.4) is 0 Å². The molecule has 11 heavy (non-hydrogen) atoms. The van der Waals surface area contributed by atoms with Gasteiger partial charge in [-0.15, -0.1) is 10.2 Å². The van der Waals surface area contributed by atoms with Gasteiger partial charge in [0.2, 0.25) is 5.16 Å². The van der Waals surface area contributed by atoms with Crippen LogP contribution in [0.15, 0.2) is 5.16 Å². The molecule has 1 aromatic heterocycles. The minimum absolute atomic E-state index is 0.343. The quantitative estimate of drug-likeness (QED) is 0.494. The first kappa shape index (κ1) is 7.88. The molecule has 0 saturated heterocycles. The van der Waals surface area contributed by atoms with Crippen molar-refractivity contribution in [2.75, 3.05) is 11.6 Å². The fourth-order valence-electron chi connectivity index (χ4n) is 0.545. The maximum atomic E-state index is 8.26. The van der Waals surface area contributed by atoms with E-state index in [4.69, 9.17) is 11.1 Å². The van der Waals surface area contributed by atoms with E-state index in [0.717, 1.165) is 0 Å². The Morgan fingerprint density at radius 3 is 2.91 bits per heavy atom. The third kappa shape index (κ3) is 1.62. The second kappa shape index (κ2) is 3.25. The number of nitrogens with two attached hydrogens (primary N) is 1. The Labute approximate surface area is 68.2 Å². The highest BCUT2D eigenvalue weighted by Gasteiger charge is 2.04. The molecule has 58 valence electrons. The Morgan fingerprint density at radius 1 is 1.73 bits per heavy atom. The van der Waals surface area contributed by atoms with Crippen LogP contribution in [0, 0.1) is 18.3 Å². The van der Waals surface area contributed by atoms with E-state index < -0.39 is 0 Å². The van der Waals surface area contributed by atoms with Crippen LogP contribution < -0.4 is 5.84 Å². The molecule has 1 heterocycles. The Hall–Kier alpha value is -1.22. The molecule has 0 amide bonds. The van der Waals surface area contributed by atoms with Gasteiger partial charge in [-0.25, -0.2) is 4.68 Å². The summed E-state index contributed by atoms with van der Waals surface area (Å²) in [5.74, 6) is 6.49. The second-order valence-electron chi connectivity index (χ2n) is 1.85. The highest BCUT2D eigenvalue weighted by molar-refractivity contribution is 7.99. The van der Waals surface area contributed by atoms with E-state index in [1.54, 1.807) is 6.92 Å². The van der Waals surface area contributed by atoms with Crippen molar-refractivity contribution >= 4 is 11.8 Å². The van der Waals surface area contributed by atoms with Crippen molar-refractivity contribution in [3.8, 4) is 6.07 Å². The number of rotatable bonds is 2. The van der Waals surface area contributed by atoms with E-state index in [2.05, 4.69) is 10.2 Å². The Balaban J connectivity index is 2.72. The number of hydrogen-bond donors (Lipinski definition) is 1. The number of nitrogens with zero attached hydrogens (tertiary/aromatic N) is 4. The summed E-state index contributed by atoms with van der Waals surface area (Å²) in [6, 6.07) is 1.98. The van der Waals surface area contributed by atoms with Gasteiger partial charge < -0.3 is 5.84 Å². The topological polar surface area (TPSA) is 80.5 Å². The molecule has 0 spiro atoms. The number of hydrogen-bond acceptors (Lipinski definition) is 5. The summed E-state index contributed by atoms with van der Waals surface area (Å²) >= 11 is 1.27. The summed E-state index contributed by atoms with van der Waals surface area (Å²) in [5.41, 5.74) is 0. The largest absolute Gasteiger partial charge is 0.336 e. The van der Waals surface area contributed by atoms with Crippen molar-refractivity contribution in [3.05, 3.63) is 5.82 Å². The van der Waals surface area contributed by atoms with Gasteiger partial charge in [0, 0.05) is 0 Å². The molecule has 1 aromatic rings. The molecule has 2 N–H and O–H groups in total. The van der Waals surface area contributed by atoms with Gasteiger partial charge >= 0.3 is 0 Å². The van der Waals surface area contributed by atoms with Gasteiger partial charge in [-0.05, 0) is 6.92 Å². The first-order chi connectivity index (χ1) is 5.25. The molecule has 0 radical (unpaired) electrons. The number of nitriles is 1. The van der Waals surface area contributed by atoms with Crippen molar-refractivity contribution in [1.29, 1.82) is 5.26 Å². The summed E-state index contributed by atoms with van der Waals surface area (Å²) < 4.78 is 1.36. The number of aromatic nitrogens is 3. The van der Waals surface area contributed by atoms with Crippen LogP contribution in [0.1, 0.15) is 5.82 Å². The van der Waals surface area contributed by atoms with Gasteiger partial charge in [-0.1, -0.05) is 11.8 Å². The van der Waals surface area contributed by atoms with Crippen molar-refractivity contribution < 1.29 is 0 Å². The van der Waals surface area contributed by atoms with Crippen molar-refractivity contribution in [1.82, 2.24) is 14.9 Å². The van der Waals surface area contributed by atoms with E-state index in [-0.39, 0.29) is 0 Å². The van der Waals surface area contributed by atoms with Gasteiger partial charge in [0.05, 0.1) is 11.8 Å². The molecule has 0 bridgehead atoms. The summed E-state index contributed by atoms with van der Waals surface area (Å²) in [5, 5.41) is 16.3. The van der Waals surface area contributed by atoms with E-state index in [9.17, 15) is 0 Å². The van der Waals surface area contributed by atoms with Crippen LogP contribution in [0.4, 0.5) is 0 Å². The third-order valence-electron chi connectivity index (χ3n) is 1.10. The summed E-state index contributed by atoms with van der Waals surface area (Å²) in [7, 11) is 0. The first-order valence-corrected chi connectivity index (χ1v) is 3.91. The summed E-state index contributed by atoms with van der Waals surface area (Å²) in [6.07, 6.45) is 0. The predicted octanol–water partition coefficient (Wildman–Crippen LogP) is -0.0840. The molecule has 0 aliphatic heterocycles. The first-order valence-electron chi connectivity index (χ1n) is 2.92. The second-order valence-corrected chi connectivity index (χ2v) is 2.79. The maximum Gasteiger partial charge on any atom is 0.210 e. The molecule has 0 fully saturated rings. The Bertz CT molecular complexity index is 286. The number of thioether (sulfide) groups is 1. The van der Waals surface area contributed by atoms with E-state index in [1.165, 1.54) is 16.4 Å². The van der Waals surface area contributed by atoms with Gasteiger partial charge in [0.15, 0.2) is 0 Å². The van der Waals surface area contributed by atoms with Gasteiger partial charge in [0.25, 0.3) is 0 Å². The monoisotopic (exact) mass is 169 g/mol. The normalized spacial score (nSPS) is 9.45. The fourth-order valence-corrected chi connectivity index (χ4v) is 1.11. The lowest BCUT2D eigenvalue weighted by Gasteiger charge is -1.95. The van der Waals surface area contributed by atoms with Crippen LogP contribution in [0.25, 0.3) is 0 Å². The van der Waals surface area contributed by atoms with Crippen molar-refractivity contribution in [3.63, 3.8) is 0 Å². The number of aryl methyl sites for hydroxylation is 1. The van der Waals surface area contributed by atoms with Crippen molar-refractivity contribution in [2.24, 2.45) is 0 Å². The molecular weight excluding hydrogens is 162 g/mol. The molecule has 0 aliphatic carbocycles. The van der Waals surface area contributed by atoms with Crippen LogP contribution >= 0.6 is 11.8 Å². The molecule has 1 rings (SSSR count). The SMILES string of the molecule is Cc1nnc(SCC#N)n1N. The molecular formula is C5H7N5S. The predicted molar refractivity (Wildman–Crippen MR) is 41.2 cm³/mol. The minimum Gasteiger partial charge on any atom is -0.336 e. The Kier molecular flexibility index (Phi) is 2.33. The van der Waals surface area contributed by atoms with E-state index >= 15 is 0 Å². The molecule has 0 saturated carbocycles. The lowest BCUT2D eigenvalue weighted by molar-refractivity contribution is 0.826. The zero-order valence-electron chi connectivity index (χ0n) is 5.98. The van der Waals surface area contributed by atoms with Crippen LogP contribution in [-0.2, 0) is 0 Å². The van der Waals surface area contributed by atoms with Crippen LogP contribution in [-0.4, -0.2) is 20.6 Å². The lowest BCUT2D eigenvalue weighted by Crippen LogP contribution is -2.11. The van der Waals surface area contributed by atoms with E-state index in [0.29, 0.717) is 16.7 Å². The number of nitrogen functional groups attached to an aromatic ring is 1. The molecule has 6 heteroatoms. The summed E-state index contributed by atoms with van der Waals surface area (Å²) in [6.45, 7) is 1.75. The van der Waals surface area contributed by atoms with E-state index in [1.807, 2.05) is 6.07 Å².